The maximum absolute atomic E-state index is 12.4. The fraction of sp³-hybridized carbons (Fsp3) is 0.0435. The monoisotopic (exact) mass is 607 g/mol. The first-order valence-corrected chi connectivity index (χ1v) is 10.9. The van der Waals surface area contributed by atoms with Gasteiger partial charge in [0, 0.05) is 14.7 Å². The van der Waals surface area contributed by atoms with E-state index in [1.807, 2.05) is 54.6 Å². The molecular formula is C23H15I2NO3. The summed E-state index contributed by atoms with van der Waals surface area (Å²) in [5.74, 6) is 0.547. The second-order valence-corrected chi connectivity index (χ2v) is 8.70. The summed E-state index contributed by atoms with van der Waals surface area (Å²) < 4.78 is 12.9. The summed E-state index contributed by atoms with van der Waals surface area (Å²) in [6.45, 7) is 0. The van der Waals surface area contributed by atoms with Gasteiger partial charge in [-0.3, -0.25) is 0 Å². The Balaban J connectivity index is 1.66. The first-order chi connectivity index (χ1) is 14.0. The van der Waals surface area contributed by atoms with Crippen molar-refractivity contribution in [1.29, 1.82) is 0 Å². The first kappa shape index (κ1) is 20.1. The van der Waals surface area contributed by atoms with Crippen LogP contribution in [0, 0.1) is 7.14 Å². The number of cyclic esters (lactones) is 1. The molecule has 0 N–H and O–H groups in total. The highest BCUT2D eigenvalue weighted by Gasteiger charge is 2.25. The van der Waals surface area contributed by atoms with E-state index in [-0.39, 0.29) is 5.70 Å². The third-order valence-corrected chi connectivity index (χ3v) is 5.82. The Bertz CT molecular complexity index is 1140. The van der Waals surface area contributed by atoms with E-state index in [1.54, 1.807) is 13.2 Å². The highest BCUT2D eigenvalue weighted by Crippen LogP contribution is 2.31. The lowest BCUT2D eigenvalue weighted by Crippen LogP contribution is -2.05. The van der Waals surface area contributed by atoms with Crippen molar-refractivity contribution in [1.82, 2.24) is 0 Å². The molecule has 1 aliphatic rings. The summed E-state index contributed by atoms with van der Waals surface area (Å²) in [6.07, 6.45) is 1.71. The summed E-state index contributed by atoms with van der Waals surface area (Å²) in [4.78, 5) is 16.8. The molecule has 0 saturated heterocycles. The molecule has 0 spiro atoms. The highest BCUT2D eigenvalue weighted by atomic mass is 127. The van der Waals surface area contributed by atoms with E-state index in [0.717, 1.165) is 29.4 Å². The van der Waals surface area contributed by atoms with Crippen LogP contribution in [0.2, 0.25) is 0 Å². The number of carbonyl (C=O) groups is 1. The van der Waals surface area contributed by atoms with Crippen molar-refractivity contribution < 1.29 is 14.3 Å². The molecule has 3 aromatic carbocycles. The SMILES string of the molecule is COc1c(I)cc(I)cc1/C=C1\N=C(c2ccc(-c3ccccc3)cc2)OC1=O. The van der Waals surface area contributed by atoms with Crippen molar-refractivity contribution in [3.63, 3.8) is 0 Å². The standard InChI is InChI=1S/C23H15I2NO3/c1-28-21-17(11-18(24)13-19(21)25)12-20-23(27)29-22(26-20)16-9-7-15(8-10-16)14-5-3-2-4-6-14/h2-13H,1H3/b20-12-. The van der Waals surface area contributed by atoms with Crippen molar-refractivity contribution >= 4 is 63.1 Å². The van der Waals surface area contributed by atoms with Gasteiger partial charge in [0.15, 0.2) is 5.70 Å². The van der Waals surface area contributed by atoms with Crippen molar-refractivity contribution in [3.05, 3.63) is 90.7 Å². The number of aliphatic imine (C=N–C) groups is 1. The largest absolute Gasteiger partial charge is 0.495 e. The van der Waals surface area contributed by atoms with Gasteiger partial charge in [-0.05, 0) is 86.7 Å². The average Bonchev–Trinajstić information content (AvgIpc) is 3.09. The third-order valence-electron chi connectivity index (χ3n) is 4.39. The molecule has 0 fully saturated rings. The summed E-state index contributed by atoms with van der Waals surface area (Å²) in [6, 6.07) is 21.9. The number of ether oxygens (including phenoxy) is 2. The van der Waals surface area contributed by atoms with Crippen LogP contribution in [0.3, 0.4) is 0 Å². The van der Waals surface area contributed by atoms with Crippen molar-refractivity contribution in [2.45, 2.75) is 0 Å². The van der Waals surface area contributed by atoms with Crippen molar-refractivity contribution in [2.75, 3.05) is 7.11 Å². The van der Waals surface area contributed by atoms with E-state index in [4.69, 9.17) is 9.47 Å². The van der Waals surface area contributed by atoms with E-state index in [1.165, 1.54) is 0 Å². The van der Waals surface area contributed by atoms with Gasteiger partial charge in [-0.25, -0.2) is 9.79 Å². The summed E-state index contributed by atoms with van der Waals surface area (Å²) >= 11 is 4.45. The number of carbonyl (C=O) groups excluding carboxylic acids is 1. The van der Waals surface area contributed by atoms with Crippen LogP contribution in [-0.4, -0.2) is 19.0 Å². The Morgan fingerprint density at radius 3 is 2.28 bits per heavy atom. The third kappa shape index (κ3) is 4.37. The molecule has 4 rings (SSSR count). The minimum Gasteiger partial charge on any atom is -0.495 e. The molecule has 1 aliphatic heterocycles. The molecule has 29 heavy (non-hydrogen) atoms. The van der Waals surface area contributed by atoms with E-state index >= 15 is 0 Å². The van der Waals surface area contributed by atoms with Gasteiger partial charge in [0.1, 0.15) is 5.75 Å². The lowest BCUT2D eigenvalue weighted by Gasteiger charge is -2.08. The van der Waals surface area contributed by atoms with E-state index < -0.39 is 5.97 Å². The van der Waals surface area contributed by atoms with Crippen LogP contribution in [0.1, 0.15) is 11.1 Å². The minimum atomic E-state index is -0.469. The number of methoxy groups -OCH3 is 1. The maximum atomic E-state index is 12.4. The van der Waals surface area contributed by atoms with Crippen LogP contribution < -0.4 is 4.74 Å². The fourth-order valence-corrected chi connectivity index (χ4v) is 5.13. The second kappa shape index (κ2) is 8.66. The van der Waals surface area contributed by atoms with E-state index in [2.05, 4.69) is 62.3 Å². The predicted octanol–water partition coefficient (Wildman–Crippen LogP) is 5.92. The predicted molar refractivity (Wildman–Crippen MR) is 131 cm³/mol. The van der Waals surface area contributed by atoms with Gasteiger partial charge in [0.05, 0.1) is 10.7 Å². The summed E-state index contributed by atoms with van der Waals surface area (Å²) in [5.41, 5.74) is 4.02. The number of benzene rings is 3. The number of halogens is 2. The zero-order valence-corrected chi connectivity index (χ0v) is 19.7. The molecule has 0 radical (unpaired) electrons. The molecular weight excluding hydrogens is 592 g/mol. The van der Waals surface area contributed by atoms with Gasteiger partial charge >= 0.3 is 5.97 Å². The molecule has 3 aromatic rings. The van der Waals surface area contributed by atoms with Gasteiger partial charge in [-0.2, -0.15) is 0 Å². The molecule has 144 valence electrons. The molecule has 6 heteroatoms. The molecule has 0 aliphatic carbocycles. The molecule has 4 nitrogen and oxygen atoms in total. The summed E-state index contributed by atoms with van der Waals surface area (Å²) in [5, 5.41) is 0. The lowest BCUT2D eigenvalue weighted by molar-refractivity contribution is -0.129. The topological polar surface area (TPSA) is 47.9 Å². The number of hydrogen-bond donors (Lipinski definition) is 0. The Hall–Kier alpha value is -2.20. The average molecular weight is 607 g/mol. The van der Waals surface area contributed by atoms with Gasteiger partial charge in [0.25, 0.3) is 0 Å². The van der Waals surface area contributed by atoms with Gasteiger partial charge < -0.3 is 9.47 Å². The Labute approximate surface area is 195 Å². The van der Waals surface area contributed by atoms with Gasteiger partial charge in [-0.1, -0.05) is 42.5 Å². The molecule has 0 saturated carbocycles. The number of rotatable bonds is 4. The molecule has 0 bridgehead atoms. The van der Waals surface area contributed by atoms with Crippen LogP contribution in [0.5, 0.6) is 5.75 Å². The lowest BCUT2D eigenvalue weighted by atomic mass is 10.0. The van der Waals surface area contributed by atoms with Gasteiger partial charge in [-0.15, -0.1) is 0 Å². The Kier molecular flexibility index (Phi) is 6.00. The number of nitrogens with zero attached hydrogens (tertiary/aromatic N) is 1. The zero-order valence-electron chi connectivity index (χ0n) is 15.4. The normalized spacial score (nSPS) is 14.7. The van der Waals surface area contributed by atoms with Gasteiger partial charge in [0.2, 0.25) is 5.90 Å². The quantitative estimate of drug-likeness (QED) is 0.211. The maximum Gasteiger partial charge on any atom is 0.363 e. The van der Waals surface area contributed by atoms with Crippen molar-refractivity contribution in [2.24, 2.45) is 4.99 Å². The van der Waals surface area contributed by atoms with Crippen molar-refractivity contribution in [3.8, 4) is 16.9 Å². The van der Waals surface area contributed by atoms with E-state index in [0.29, 0.717) is 11.6 Å². The Morgan fingerprint density at radius 2 is 1.59 bits per heavy atom. The van der Waals surface area contributed by atoms with E-state index in [9.17, 15) is 4.79 Å². The van der Waals surface area contributed by atoms with Crippen LogP contribution in [0.15, 0.2) is 77.4 Å². The van der Waals surface area contributed by atoms with Crippen LogP contribution in [0.4, 0.5) is 0 Å². The molecule has 0 unspecified atom stereocenters. The number of hydrogen-bond acceptors (Lipinski definition) is 4. The smallest absolute Gasteiger partial charge is 0.363 e. The van der Waals surface area contributed by atoms with Crippen LogP contribution >= 0.6 is 45.2 Å². The minimum absolute atomic E-state index is 0.253. The molecule has 0 atom stereocenters. The second-order valence-electron chi connectivity index (χ2n) is 6.29. The summed E-state index contributed by atoms with van der Waals surface area (Å²) in [7, 11) is 1.61. The first-order valence-electron chi connectivity index (χ1n) is 8.76. The van der Waals surface area contributed by atoms with Crippen LogP contribution in [-0.2, 0) is 9.53 Å². The molecule has 1 heterocycles. The molecule has 0 amide bonds. The highest BCUT2D eigenvalue weighted by molar-refractivity contribution is 14.1. The Morgan fingerprint density at radius 1 is 0.931 bits per heavy atom. The van der Waals surface area contributed by atoms with Crippen LogP contribution in [0.25, 0.3) is 17.2 Å². The molecule has 0 aromatic heterocycles. The fourth-order valence-electron chi connectivity index (χ4n) is 3.02. The zero-order chi connectivity index (χ0) is 20.4. The number of esters is 1.